The molecule has 34 heavy (non-hydrogen) atoms. The summed E-state index contributed by atoms with van der Waals surface area (Å²) >= 11 is 0. The molecule has 5 rings (SSSR count). The molecule has 0 unspecified atom stereocenters. The Balaban J connectivity index is 1.41. The Bertz CT molecular complexity index is 1450. The molecular formula is C23H14F4N6O. The molecule has 0 radical (unpaired) electrons. The highest BCUT2D eigenvalue weighted by atomic mass is 19.4. The molecule has 0 atom stereocenters. The average Bonchev–Trinajstić information content (AvgIpc) is 3.45. The number of amides is 1. The number of aromatic nitrogens is 5. The summed E-state index contributed by atoms with van der Waals surface area (Å²) in [5.74, 6) is -1.10. The third-order valence-electron chi connectivity index (χ3n) is 5.03. The average molecular weight is 466 g/mol. The molecule has 1 amide bonds. The van der Waals surface area contributed by atoms with Crippen molar-refractivity contribution < 1.29 is 22.4 Å². The molecule has 0 spiro atoms. The number of carbonyl (C=O) groups is 1. The largest absolute Gasteiger partial charge is 0.435 e. The van der Waals surface area contributed by atoms with E-state index in [9.17, 15) is 22.4 Å². The number of halogens is 4. The number of imidazole rings is 1. The molecule has 2 heterocycles. The smallest absolute Gasteiger partial charge is 0.338 e. The van der Waals surface area contributed by atoms with Gasteiger partial charge < -0.3 is 10.3 Å². The van der Waals surface area contributed by atoms with Gasteiger partial charge in [0, 0.05) is 11.3 Å². The summed E-state index contributed by atoms with van der Waals surface area (Å²) in [5.41, 5.74) is 0.281. The summed E-state index contributed by atoms with van der Waals surface area (Å²) < 4.78 is 54.9. The van der Waals surface area contributed by atoms with Gasteiger partial charge in [-0.1, -0.05) is 17.3 Å². The van der Waals surface area contributed by atoms with E-state index < -0.39 is 29.3 Å². The van der Waals surface area contributed by atoms with Crippen LogP contribution in [0.2, 0.25) is 0 Å². The summed E-state index contributed by atoms with van der Waals surface area (Å²) in [4.78, 5) is 20.3. The van der Waals surface area contributed by atoms with Gasteiger partial charge in [-0.25, -0.2) is 14.1 Å². The maximum absolute atomic E-state index is 13.8. The third-order valence-corrected chi connectivity index (χ3v) is 5.03. The Labute approximate surface area is 189 Å². The van der Waals surface area contributed by atoms with Gasteiger partial charge in [0.2, 0.25) is 0 Å². The minimum absolute atomic E-state index is 0.0875. The van der Waals surface area contributed by atoms with Gasteiger partial charge in [-0.15, -0.1) is 5.10 Å². The van der Waals surface area contributed by atoms with E-state index in [0.29, 0.717) is 10.5 Å². The number of alkyl halides is 3. The lowest BCUT2D eigenvalue weighted by Gasteiger charge is -2.11. The molecule has 0 bridgehead atoms. The van der Waals surface area contributed by atoms with Crippen LogP contribution in [0.5, 0.6) is 0 Å². The third kappa shape index (κ3) is 3.98. The summed E-state index contributed by atoms with van der Waals surface area (Å²) in [7, 11) is 0. The lowest BCUT2D eigenvalue weighted by Crippen LogP contribution is -2.21. The second-order valence-corrected chi connectivity index (χ2v) is 7.31. The maximum atomic E-state index is 13.8. The van der Waals surface area contributed by atoms with E-state index in [1.807, 2.05) is 24.3 Å². The van der Waals surface area contributed by atoms with Crippen LogP contribution in [-0.2, 0) is 6.18 Å². The molecule has 11 heteroatoms. The minimum atomic E-state index is -4.93. The number of hydrogen-bond donors (Lipinski definition) is 2. The van der Waals surface area contributed by atoms with Crippen molar-refractivity contribution in [3.05, 3.63) is 90.0 Å². The van der Waals surface area contributed by atoms with E-state index in [1.54, 1.807) is 12.1 Å². The van der Waals surface area contributed by atoms with Crippen molar-refractivity contribution in [3.63, 3.8) is 0 Å². The SMILES string of the molecule is O=C(Nc1ccc(-c2nc3ccccc3[nH]2)cc1)c1nnn(-c2ccc(F)cc2)c1C(F)(F)F. The van der Waals surface area contributed by atoms with Crippen molar-refractivity contribution in [2.45, 2.75) is 6.18 Å². The number of carbonyl (C=O) groups excluding carboxylic acids is 1. The fourth-order valence-electron chi connectivity index (χ4n) is 3.44. The molecule has 0 fully saturated rings. The van der Waals surface area contributed by atoms with E-state index in [1.165, 1.54) is 12.1 Å². The Kier molecular flexibility index (Phi) is 5.08. The fraction of sp³-hybridized carbons (Fsp3) is 0.0435. The highest BCUT2D eigenvalue weighted by Gasteiger charge is 2.42. The number of aromatic amines is 1. The molecule has 0 aliphatic heterocycles. The van der Waals surface area contributed by atoms with Crippen LogP contribution < -0.4 is 5.32 Å². The zero-order valence-electron chi connectivity index (χ0n) is 17.1. The standard InChI is InChI=1S/C23H14F4N6O/c24-14-7-11-16(12-8-14)33-20(23(25,26)27)19(31-32-33)22(34)28-15-9-5-13(6-10-15)21-29-17-3-1-2-4-18(17)30-21/h1-12H,(H,28,34)(H,29,30). The van der Waals surface area contributed by atoms with Crippen molar-refractivity contribution >= 4 is 22.6 Å². The number of para-hydroxylation sites is 2. The molecule has 5 aromatic rings. The van der Waals surface area contributed by atoms with Crippen LogP contribution in [-0.4, -0.2) is 30.9 Å². The zero-order valence-corrected chi connectivity index (χ0v) is 17.1. The van der Waals surface area contributed by atoms with Gasteiger partial charge >= 0.3 is 6.18 Å². The van der Waals surface area contributed by atoms with Gasteiger partial charge in [0.05, 0.1) is 16.7 Å². The van der Waals surface area contributed by atoms with E-state index >= 15 is 0 Å². The molecule has 2 N–H and O–H groups in total. The minimum Gasteiger partial charge on any atom is -0.338 e. The predicted octanol–water partition coefficient (Wildman–Crippen LogP) is 5.22. The Morgan fingerprint density at radius 3 is 2.32 bits per heavy atom. The molecule has 0 aliphatic carbocycles. The summed E-state index contributed by atoms with van der Waals surface area (Å²) in [6, 6.07) is 18.1. The Morgan fingerprint density at radius 2 is 1.65 bits per heavy atom. The maximum Gasteiger partial charge on any atom is 0.435 e. The van der Waals surface area contributed by atoms with Crippen LogP contribution >= 0.6 is 0 Å². The van der Waals surface area contributed by atoms with Gasteiger partial charge in [-0.05, 0) is 60.7 Å². The highest BCUT2D eigenvalue weighted by Crippen LogP contribution is 2.33. The van der Waals surface area contributed by atoms with Crippen LogP contribution in [0, 0.1) is 5.82 Å². The summed E-state index contributed by atoms with van der Waals surface area (Å²) in [5, 5.41) is 9.31. The first-order valence-electron chi connectivity index (χ1n) is 9.95. The number of fused-ring (bicyclic) bond motifs is 1. The first kappa shape index (κ1) is 21.3. The number of rotatable bonds is 4. The van der Waals surface area contributed by atoms with E-state index in [2.05, 4.69) is 25.6 Å². The first-order chi connectivity index (χ1) is 16.3. The molecule has 170 valence electrons. The fourth-order valence-corrected chi connectivity index (χ4v) is 3.44. The lowest BCUT2D eigenvalue weighted by atomic mass is 10.2. The van der Waals surface area contributed by atoms with Gasteiger partial charge in [-0.2, -0.15) is 13.2 Å². The van der Waals surface area contributed by atoms with Crippen LogP contribution in [0.4, 0.5) is 23.2 Å². The summed E-state index contributed by atoms with van der Waals surface area (Å²) in [6.07, 6.45) is -4.93. The lowest BCUT2D eigenvalue weighted by molar-refractivity contribution is -0.143. The number of benzene rings is 3. The zero-order chi connectivity index (χ0) is 23.9. The van der Waals surface area contributed by atoms with Crippen molar-refractivity contribution in [3.8, 4) is 17.1 Å². The van der Waals surface area contributed by atoms with Crippen LogP contribution in [0.1, 0.15) is 16.2 Å². The molecule has 3 aromatic carbocycles. The molecule has 0 saturated carbocycles. The van der Waals surface area contributed by atoms with Crippen LogP contribution in [0.15, 0.2) is 72.8 Å². The molecule has 0 saturated heterocycles. The second-order valence-electron chi connectivity index (χ2n) is 7.31. The van der Waals surface area contributed by atoms with Crippen molar-refractivity contribution in [1.82, 2.24) is 25.0 Å². The topological polar surface area (TPSA) is 88.5 Å². The molecule has 7 nitrogen and oxygen atoms in total. The number of hydrogen-bond acceptors (Lipinski definition) is 4. The monoisotopic (exact) mass is 466 g/mol. The van der Waals surface area contributed by atoms with E-state index in [4.69, 9.17) is 0 Å². The Hall–Kier alpha value is -4.54. The molecule has 0 aliphatic rings. The first-order valence-corrected chi connectivity index (χ1v) is 9.95. The number of H-pyrrole nitrogens is 1. The highest BCUT2D eigenvalue weighted by molar-refractivity contribution is 6.03. The molecule has 2 aromatic heterocycles. The predicted molar refractivity (Wildman–Crippen MR) is 116 cm³/mol. The van der Waals surface area contributed by atoms with Crippen molar-refractivity contribution in [2.75, 3.05) is 5.32 Å². The Morgan fingerprint density at radius 1 is 0.941 bits per heavy atom. The number of nitrogens with one attached hydrogen (secondary N) is 2. The molecular weight excluding hydrogens is 452 g/mol. The van der Waals surface area contributed by atoms with E-state index in [0.717, 1.165) is 40.9 Å². The van der Waals surface area contributed by atoms with Gasteiger partial charge in [0.25, 0.3) is 5.91 Å². The normalized spacial score (nSPS) is 11.6. The van der Waals surface area contributed by atoms with Crippen molar-refractivity contribution in [2.24, 2.45) is 0 Å². The van der Waals surface area contributed by atoms with Gasteiger partial charge in [0.15, 0.2) is 11.4 Å². The van der Waals surface area contributed by atoms with Crippen LogP contribution in [0.3, 0.4) is 0 Å². The van der Waals surface area contributed by atoms with E-state index in [-0.39, 0.29) is 11.4 Å². The van der Waals surface area contributed by atoms with Crippen molar-refractivity contribution in [1.29, 1.82) is 0 Å². The quantitative estimate of drug-likeness (QED) is 0.356. The van der Waals surface area contributed by atoms with Crippen LogP contribution in [0.25, 0.3) is 28.1 Å². The second kappa shape index (κ2) is 8.10. The summed E-state index contributed by atoms with van der Waals surface area (Å²) in [6.45, 7) is 0. The number of nitrogens with zero attached hydrogens (tertiary/aromatic N) is 4. The number of anilines is 1. The van der Waals surface area contributed by atoms with Gasteiger partial charge in [0.1, 0.15) is 11.6 Å². The van der Waals surface area contributed by atoms with Gasteiger partial charge in [-0.3, -0.25) is 4.79 Å².